The molecule has 0 aliphatic carbocycles. The minimum absolute atomic E-state index is 0.387. The van der Waals surface area contributed by atoms with Crippen LogP contribution >= 0.6 is 0 Å². The van der Waals surface area contributed by atoms with E-state index in [-0.39, 0.29) is 0 Å². The second-order valence-electron chi connectivity index (χ2n) is 2.85. The number of nitrogens with two attached hydrogens (primary N) is 1. The van der Waals surface area contributed by atoms with Gasteiger partial charge in [-0.15, -0.1) is 0 Å². The Bertz CT molecular complexity index is 437. The van der Waals surface area contributed by atoms with Crippen molar-refractivity contribution in [2.24, 2.45) is 0 Å². The number of nitrogens with zero attached hydrogens (tertiary/aromatic N) is 1. The number of aromatic nitrogens is 1. The standard InChI is InChI=1S/C10H10N2O2/c1-13-8-4-2-3-7(5-8)9-6-14-12-10(9)11/h2-6H,1H3,(H2,11,12). The van der Waals surface area contributed by atoms with Gasteiger partial charge in [0, 0.05) is 0 Å². The van der Waals surface area contributed by atoms with Crippen LogP contribution in [-0.2, 0) is 0 Å². The monoisotopic (exact) mass is 190 g/mol. The zero-order chi connectivity index (χ0) is 9.97. The van der Waals surface area contributed by atoms with Gasteiger partial charge in [-0.2, -0.15) is 0 Å². The van der Waals surface area contributed by atoms with Crippen LogP contribution in [0.25, 0.3) is 11.1 Å². The zero-order valence-electron chi connectivity index (χ0n) is 7.73. The highest BCUT2D eigenvalue weighted by molar-refractivity contribution is 5.73. The van der Waals surface area contributed by atoms with Crippen molar-refractivity contribution in [1.82, 2.24) is 5.16 Å². The minimum atomic E-state index is 0.387. The van der Waals surface area contributed by atoms with Gasteiger partial charge >= 0.3 is 0 Å². The van der Waals surface area contributed by atoms with E-state index in [0.717, 1.165) is 16.9 Å². The molecule has 2 aromatic rings. The van der Waals surface area contributed by atoms with E-state index in [9.17, 15) is 0 Å². The topological polar surface area (TPSA) is 61.3 Å². The summed E-state index contributed by atoms with van der Waals surface area (Å²) in [5.74, 6) is 1.17. The SMILES string of the molecule is COc1cccc(-c2conc2N)c1. The summed E-state index contributed by atoms with van der Waals surface area (Å²) < 4.78 is 9.86. The number of ether oxygens (including phenoxy) is 1. The summed E-state index contributed by atoms with van der Waals surface area (Å²) in [5.41, 5.74) is 7.33. The first-order valence-electron chi connectivity index (χ1n) is 4.15. The number of hydrogen-bond acceptors (Lipinski definition) is 4. The first kappa shape index (κ1) is 8.62. The normalized spacial score (nSPS) is 10.1. The van der Waals surface area contributed by atoms with Crippen molar-refractivity contribution >= 4 is 5.82 Å². The Morgan fingerprint density at radius 3 is 2.93 bits per heavy atom. The number of methoxy groups -OCH3 is 1. The van der Waals surface area contributed by atoms with E-state index in [0.29, 0.717) is 5.82 Å². The molecule has 0 saturated heterocycles. The summed E-state index contributed by atoms with van der Waals surface area (Å²) in [5, 5.41) is 3.61. The molecular weight excluding hydrogens is 180 g/mol. The number of benzene rings is 1. The molecule has 0 bridgehead atoms. The second kappa shape index (κ2) is 3.41. The molecule has 0 spiro atoms. The van der Waals surface area contributed by atoms with Crippen molar-refractivity contribution < 1.29 is 9.26 Å². The van der Waals surface area contributed by atoms with Crippen LogP contribution in [0.1, 0.15) is 0 Å². The maximum Gasteiger partial charge on any atom is 0.174 e. The van der Waals surface area contributed by atoms with Gasteiger partial charge in [-0.1, -0.05) is 17.3 Å². The summed E-state index contributed by atoms with van der Waals surface area (Å²) in [4.78, 5) is 0. The average Bonchev–Trinajstić information content (AvgIpc) is 2.65. The number of hydrogen-bond donors (Lipinski definition) is 1. The van der Waals surface area contributed by atoms with Crippen LogP contribution in [0, 0.1) is 0 Å². The molecule has 0 atom stereocenters. The Morgan fingerprint density at radius 1 is 1.43 bits per heavy atom. The Hall–Kier alpha value is -1.97. The van der Waals surface area contributed by atoms with Gasteiger partial charge in [0.1, 0.15) is 12.0 Å². The fraction of sp³-hybridized carbons (Fsp3) is 0.100. The second-order valence-corrected chi connectivity index (χ2v) is 2.85. The van der Waals surface area contributed by atoms with Gasteiger partial charge in [-0.05, 0) is 17.7 Å². The highest BCUT2D eigenvalue weighted by atomic mass is 16.5. The van der Waals surface area contributed by atoms with E-state index in [1.807, 2.05) is 24.3 Å². The number of rotatable bonds is 2. The van der Waals surface area contributed by atoms with E-state index in [1.54, 1.807) is 7.11 Å². The summed E-state index contributed by atoms with van der Waals surface area (Å²) in [6, 6.07) is 7.56. The van der Waals surface area contributed by atoms with Crippen LogP contribution in [0.4, 0.5) is 5.82 Å². The summed E-state index contributed by atoms with van der Waals surface area (Å²) in [7, 11) is 1.62. The molecule has 0 aliphatic rings. The first-order chi connectivity index (χ1) is 6.81. The highest BCUT2D eigenvalue weighted by Crippen LogP contribution is 2.27. The van der Waals surface area contributed by atoms with Crippen molar-refractivity contribution in [2.45, 2.75) is 0 Å². The minimum Gasteiger partial charge on any atom is -0.497 e. The molecule has 72 valence electrons. The predicted octanol–water partition coefficient (Wildman–Crippen LogP) is 1.93. The Kier molecular flexibility index (Phi) is 2.10. The molecule has 0 aliphatic heterocycles. The van der Waals surface area contributed by atoms with E-state index >= 15 is 0 Å². The zero-order valence-corrected chi connectivity index (χ0v) is 7.73. The van der Waals surface area contributed by atoms with Gasteiger partial charge < -0.3 is 15.0 Å². The third-order valence-electron chi connectivity index (χ3n) is 1.98. The third kappa shape index (κ3) is 1.42. The molecule has 0 unspecified atom stereocenters. The molecule has 4 nitrogen and oxygen atoms in total. The van der Waals surface area contributed by atoms with E-state index in [4.69, 9.17) is 15.0 Å². The fourth-order valence-corrected chi connectivity index (χ4v) is 1.25. The van der Waals surface area contributed by atoms with Crippen molar-refractivity contribution in [3.8, 4) is 16.9 Å². The van der Waals surface area contributed by atoms with Crippen LogP contribution in [0.5, 0.6) is 5.75 Å². The smallest absolute Gasteiger partial charge is 0.174 e. The predicted molar refractivity (Wildman–Crippen MR) is 52.9 cm³/mol. The van der Waals surface area contributed by atoms with Crippen LogP contribution in [-0.4, -0.2) is 12.3 Å². The molecule has 2 N–H and O–H groups in total. The van der Waals surface area contributed by atoms with E-state index < -0.39 is 0 Å². The lowest BCUT2D eigenvalue weighted by molar-refractivity contribution is 0.415. The Morgan fingerprint density at radius 2 is 2.29 bits per heavy atom. The van der Waals surface area contributed by atoms with Crippen LogP contribution < -0.4 is 10.5 Å². The van der Waals surface area contributed by atoms with Gasteiger partial charge in [0.15, 0.2) is 5.82 Å². The van der Waals surface area contributed by atoms with Gasteiger partial charge in [-0.25, -0.2) is 0 Å². The first-order valence-corrected chi connectivity index (χ1v) is 4.15. The van der Waals surface area contributed by atoms with Crippen molar-refractivity contribution in [1.29, 1.82) is 0 Å². The molecular formula is C10H10N2O2. The largest absolute Gasteiger partial charge is 0.497 e. The van der Waals surface area contributed by atoms with Gasteiger partial charge in [0.05, 0.1) is 12.7 Å². The lowest BCUT2D eigenvalue weighted by Crippen LogP contribution is -1.88. The Balaban J connectivity index is 2.47. The number of nitrogen functional groups attached to an aromatic ring is 1. The molecule has 14 heavy (non-hydrogen) atoms. The molecule has 2 rings (SSSR count). The Labute approximate surface area is 81.3 Å². The summed E-state index contributed by atoms with van der Waals surface area (Å²) in [6.45, 7) is 0. The third-order valence-corrected chi connectivity index (χ3v) is 1.98. The molecule has 0 fully saturated rings. The van der Waals surface area contributed by atoms with Gasteiger partial charge in [0.25, 0.3) is 0 Å². The highest BCUT2D eigenvalue weighted by Gasteiger charge is 2.06. The molecule has 0 saturated carbocycles. The lowest BCUT2D eigenvalue weighted by atomic mass is 10.1. The lowest BCUT2D eigenvalue weighted by Gasteiger charge is -2.01. The molecule has 4 heteroatoms. The van der Waals surface area contributed by atoms with E-state index in [1.165, 1.54) is 6.26 Å². The summed E-state index contributed by atoms with van der Waals surface area (Å²) in [6.07, 6.45) is 1.52. The molecule has 0 amide bonds. The van der Waals surface area contributed by atoms with Crippen LogP contribution in [0.3, 0.4) is 0 Å². The van der Waals surface area contributed by atoms with E-state index in [2.05, 4.69) is 5.16 Å². The molecule has 1 aromatic heterocycles. The maximum atomic E-state index is 5.62. The van der Waals surface area contributed by atoms with Gasteiger partial charge in [-0.3, -0.25) is 0 Å². The quantitative estimate of drug-likeness (QED) is 0.786. The molecule has 1 aromatic carbocycles. The molecule has 1 heterocycles. The van der Waals surface area contributed by atoms with Crippen LogP contribution in [0.2, 0.25) is 0 Å². The van der Waals surface area contributed by atoms with Crippen LogP contribution in [0.15, 0.2) is 35.1 Å². The molecule has 0 radical (unpaired) electrons. The average molecular weight is 190 g/mol. The number of anilines is 1. The van der Waals surface area contributed by atoms with Gasteiger partial charge in [0.2, 0.25) is 0 Å². The van der Waals surface area contributed by atoms with Crippen molar-refractivity contribution in [2.75, 3.05) is 12.8 Å². The fourth-order valence-electron chi connectivity index (χ4n) is 1.25. The van der Waals surface area contributed by atoms with Crippen molar-refractivity contribution in [3.63, 3.8) is 0 Å². The maximum absolute atomic E-state index is 5.62. The van der Waals surface area contributed by atoms with Crippen molar-refractivity contribution in [3.05, 3.63) is 30.5 Å². The summed E-state index contributed by atoms with van der Waals surface area (Å²) >= 11 is 0.